The summed E-state index contributed by atoms with van der Waals surface area (Å²) in [6.07, 6.45) is 2.28. The van der Waals surface area contributed by atoms with E-state index in [2.05, 4.69) is 40.4 Å². The van der Waals surface area contributed by atoms with Gasteiger partial charge in [0.15, 0.2) is 0 Å². The van der Waals surface area contributed by atoms with Crippen molar-refractivity contribution in [2.24, 2.45) is 0 Å². The standard InChI is InChI=1S/C16H25BrN2O2.ClH/c1-3-18-13(2)12-19-16(20)6-4-5-11-21-15-9-7-14(17)8-10-15;/h7-10,13,18H,3-6,11-12H2,1-2H3,(H,19,20);1H/t13-;/m1./s1. The third-order valence-corrected chi connectivity index (χ3v) is 3.57. The number of unbranched alkanes of at least 4 members (excludes halogenated alkanes) is 1. The summed E-state index contributed by atoms with van der Waals surface area (Å²) in [5.74, 6) is 0.977. The van der Waals surface area contributed by atoms with Crippen LogP contribution in [0.5, 0.6) is 5.75 Å². The molecule has 6 heteroatoms. The van der Waals surface area contributed by atoms with Gasteiger partial charge in [-0.05, 0) is 50.6 Å². The number of ether oxygens (including phenoxy) is 1. The van der Waals surface area contributed by atoms with Crippen LogP contribution in [0.15, 0.2) is 28.7 Å². The van der Waals surface area contributed by atoms with Gasteiger partial charge in [-0.1, -0.05) is 22.9 Å². The fourth-order valence-corrected chi connectivity index (χ4v) is 2.15. The van der Waals surface area contributed by atoms with Crippen LogP contribution < -0.4 is 15.4 Å². The third-order valence-electron chi connectivity index (χ3n) is 3.04. The maximum atomic E-state index is 11.6. The quantitative estimate of drug-likeness (QED) is 0.598. The van der Waals surface area contributed by atoms with E-state index in [1.165, 1.54) is 0 Å². The van der Waals surface area contributed by atoms with Gasteiger partial charge in [-0.2, -0.15) is 0 Å². The highest BCUT2D eigenvalue weighted by Crippen LogP contribution is 2.16. The molecule has 0 bridgehead atoms. The predicted octanol–water partition coefficient (Wildman–Crippen LogP) is 3.53. The Morgan fingerprint density at radius 3 is 2.59 bits per heavy atom. The molecule has 22 heavy (non-hydrogen) atoms. The first-order valence-corrected chi connectivity index (χ1v) is 8.29. The molecule has 0 aliphatic carbocycles. The van der Waals surface area contributed by atoms with Crippen molar-refractivity contribution >= 4 is 34.2 Å². The Balaban J connectivity index is 0.00000441. The van der Waals surface area contributed by atoms with E-state index in [1.54, 1.807) is 0 Å². The van der Waals surface area contributed by atoms with Crippen molar-refractivity contribution in [2.75, 3.05) is 19.7 Å². The van der Waals surface area contributed by atoms with Gasteiger partial charge in [0.25, 0.3) is 0 Å². The first-order valence-electron chi connectivity index (χ1n) is 7.50. The van der Waals surface area contributed by atoms with Crippen LogP contribution in [-0.2, 0) is 4.79 Å². The number of likely N-dealkylation sites (N-methyl/N-ethyl adjacent to an activating group) is 1. The van der Waals surface area contributed by atoms with E-state index in [0.29, 0.717) is 25.6 Å². The molecular weight excluding hydrogens is 368 g/mol. The number of benzene rings is 1. The summed E-state index contributed by atoms with van der Waals surface area (Å²) in [5.41, 5.74) is 0. The number of nitrogens with one attached hydrogen (secondary N) is 2. The molecule has 0 spiro atoms. The van der Waals surface area contributed by atoms with Crippen LogP contribution in [-0.4, -0.2) is 31.6 Å². The van der Waals surface area contributed by atoms with Crippen LogP contribution in [0.25, 0.3) is 0 Å². The molecular formula is C16H26BrClN2O2. The Kier molecular flexibility index (Phi) is 12.3. The zero-order valence-corrected chi connectivity index (χ0v) is 15.6. The Hall–Kier alpha value is -0.780. The van der Waals surface area contributed by atoms with Gasteiger partial charge in [0.2, 0.25) is 5.91 Å². The topological polar surface area (TPSA) is 50.4 Å². The van der Waals surface area contributed by atoms with Gasteiger partial charge >= 0.3 is 0 Å². The largest absolute Gasteiger partial charge is 0.494 e. The molecule has 0 aliphatic heterocycles. The van der Waals surface area contributed by atoms with E-state index in [-0.39, 0.29) is 18.3 Å². The highest BCUT2D eigenvalue weighted by molar-refractivity contribution is 9.10. The lowest BCUT2D eigenvalue weighted by Crippen LogP contribution is -2.38. The molecule has 0 fully saturated rings. The average molecular weight is 394 g/mol. The molecule has 1 aromatic rings. The van der Waals surface area contributed by atoms with E-state index >= 15 is 0 Å². The fourth-order valence-electron chi connectivity index (χ4n) is 1.88. The van der Waals surface area contributed by atoms with E-state index in [1.807, 2.05) is 24.3 Å². The van der Waals surface area contributed by atoms with Gasteiger partial charge in [-0.15, -0.1) is 12.4 Å². The molecule has 2 N–H and O–H groups in total. The average Bonchev–Trinajstić information content (AvgIpc) is 2.47. The van der Waals surface area contributed by atoms with Crippen molar-refractivity contribution in [3.63, 3.8) is 0 Å². The Bertz CT molecular complexity index is 415. The van der Waals surface area contributed by atoms with Crippen molar-refractivity contribution in [1.29, 1.82) is 0 Å². The molecule has 1 aromatic carbocycles. The zero-order chi connectivity index (χ0) is 15.5. The lowest BCUT2D eigenvalue weighted by molar-refractivity contribution is -0.121. The normalized spacial score (nSPS) is 11.4. The van der Waals surface area contributed by atoms with Crippen LogP contribution in [0.4, 0.5) is 0 Å². The zero-order valence-electron chi connectivity index (χ0n) is 13.2. The van der Waals surface area contributed by atoms with Gasteiger partial charge in [-0.3, -0.25) is 4.79 Å². The molecule has 0 unspecified atom stereocenters. The van der Waals surface area contributed by atoms with Crippen LogP contribution in [0.2, 0.25) is 0 Å². The van der Waals surface area contributed by atoms with E-state index in [4.69, 9.17) is 4.74 Å². The maximum absolute atomic E-state index is 11.6. The maximum Gasteiger partial charge on any atom is 0.220 e. The van der Waals surface area contributed by atoms with Crippen molar-refractivity contribution in [2.45, 2.75) is 39.2 Å². The minimum absolute atomic E-state index is 0. The summed E-state index contributed by atoms with van der Waals surface area (Å²) in [7, 11) is 0. The first kappa shape index (κ1) is 21.2. The number of carbonyl (C=O) groups is 1. The molecule has 0 saturated carbocycles. The summed E-state index contributed by atoms with van der Waals surface area (Å²) >= 11 is 3.38. The van der Waals surface area contributed by atoms with Crippen molar-refractivity contribution in [3.8, 4) is 5.75 Å². The Morgan fingerprint density at radius 1 is 1.27 bits per heavy atom. The van der Waals surface area contributed by atoms with E-state index in [9.17, 15) is 4.79 Å². The minimum atomic E-state index is 0. The van der Waals surface area contributed by atoms with E-state index < -0.39 is 0 Å². The molecule has 4 nitrogen and oxygen atoms in total. The molecule has 1 amide bonds. The molecule has 0 heterocycles. The summed E-state index contributed by atoms with van der Waals surface area (Å²) < 4.78 is 6.65. The van der Waals surface area contributed by atoms with Crippen LogP contribution in [0, 0.1) is 0 Å². The Morgan fingerprint density at radius 2 is 1.95 bits per heavy atom. The molecule has 0 aliphatic rings. The first-order chi connectivity index (χ1) is 10.1. The van der Waals surface area contributed by atoms with Gasteiger partial charge in [0.05, 0.1) is 6.61 Å². The van der Waals surface area contributed by atoms with Crippen molar-refractivity contribution in [3.05, 3.63) is 28.7 Å². The molecule has 126 valence electrons. The van der Waals surface area contributed by atoms with E-state index in [0.717, 1.165) is 29.6 Å². The SMILES string of the molecule is CCN[C@H](C)CNC(=O)CCCCOc1ccc(Br)cc1.Cl. The second-order valence-electron chi connectivity index (χ2n) is 5.02. The number of hydrogen-bond acceptors (Lipinski definition) is 3. The second-order valence-corrected chi connectivity index (χ2v) is 5.94. The molecule has 0 radical (unpaired) electrons. The van der Waals surface area contributed by atoms with Gasteiger partial charge in [0, 0.05) is 23.5 Å². The number of rotatable bonds is 10. The lowest BCUT2D eigenvalue weighted by Gasteiger charge is -2.13. The highest BCUT2D eigenvalue weighted by Gasteiger charge is 2.04. The van der Waals surface area contributed by atoms with Crippen LogP contribution in [0.1, 0.15) is 33.1 Å². The monoisotopic (exact) mass is 392 g/mol. The van der Waals surface area contributed by atoms with Gasteiger partial charge < -0.3 is 15.4 Å². The number of amides is 1. The molecule has 1 atom stereocenters. The molecule has 0 aromatic heterocycles. The summed E-state index contributed by atoms with van der Waals surface area (Å²) in [4.78, 5) is 11.6. The molecule has 0 saturated heterocycles. The molecule has 1 rings (SSSR count). The number of hydrogen-bond donors (Lipinski definition) is 2. The van der Waals surface area contributed by atoms with Gasteiger partial charge in [0.1, 0.15) is 5.75 Å². The number of halogens is 2. The third kappa shape index (κ3) is 10.0. The second kappa shape index (κ2) is 12.7. The number of carbonyl (C=O) groups excluding carboxylic acids is 1. The van der Waals surface area contributed by atoms with Crippen LogP contribution in [0.3, 0.4) is 0 Å². The Labute approximate surface area is 147 Å². The van der Waals surface area contributed by atoms with Gasteiger partial charge in [-0.25, -0.2) is 0 Å². The summed E-state index contributed by atoms with van der Waals surface area (Å²) in [6, 6.07) is 8.08. The van der Waals surface area contributed by atoms with Crippen LogP contribution >= 0.6 is 28.3 Å². The lowest BCUT2D eigenvalue weighted by atomic mass is 10.2. The summed E-state index contributed by atoms with van der Waals surface area (Å²) in [5, 5.41) is 6.20. The predicted molar refractivity (Wildman–Crippen MR) is 96.9 cm³/mol. The highest BCUT2D eigenvalue weighted by atomic mass is 79.9. The smallest absolute Gasteiger partial charge is 0.220 e. The summed E-state index contributed by atoms with van der Waals surface area (Å²) in [6.45, 7) is 6.37. The van der Waals surface area contributed by atoms with Crippen molar-refractivity contribution in [1.82, 2.24) is 10.6 Å². The van der Waals surface area contributed by atoms with Crippen molar-refractivity contribution < 1.29 is 9.53 Å². The fraction of sp³-hybridized carbons (Fsp3) is 0.562. The minimum Gasteiger partial charge on any atom is -0.494 e.